The van der Waals surface area contributed by atoms with Crippen LogP contribution in [0.5, 0.6) is 5.75 Å². The first-order valence-electron chi connectivity index (χ1n) is 5.37. The molecule has 1 N–H and O–H groups in total. The van der Waals surface area contributed by atoms with E-state index in [4.69, 9.17) is 14.4 Å². The Hall–Kier alpha value is -1.81. The molecule has 0 aliphatic heterocycles. The van der Waals surface area contributed by atoms with Crippen LogP contribution in [-0.4, -0.2) is 17.4 Å². The van der Waals surface area contributed by atoms with Crippen LogP contribution in [0.3, 0.4) is 0 Å². The van der Waals surface area contributed by atoms with Crippen molar-refractivity contribution in [3.8, 4) is 17.0 Å². The standard InChI is InChI=1S/C13H15NO3/c1-8-4-11(13(16-3)5-9(8)2)12-6-10(7-15)17-14-12/h4-6,15H,7H2,1-3H3. The van der Waals surface area contributed by atoms with Crippen LogP contribution in [0.2, 0.25) is 0 Å². The third kappa shape index (κ3) is 2.17. The van der Waals surface area contributed by atoms with Gasteiger partial charge in [-0.15, -0.1) is 0 Å². The van der Waals surface area contributed by atoms with Crippen molar-refractivity contribution >= 4 is 0 Å². The Morgan fingerprint density at radius 1 is 1.24 bits per heavy atom. The normalized spacial score (nSPS) is 10.6. The fourth-order valence-corrected chi connectivity index (χ4v) is 1.67. The number of aliphatic hydroxyl groups excluding tert-OH is 1. The minimum atomic E-state index is -0.153. The van der Waals surface area contributed by atoms with Gasteiger partial charge in [0.15, 0.2) is 5.76 Å². The molecule has 0 unspecified atom stereocenters. The zero-order valence-electron chi connectivity index (χ0n) is 10.2. The second-order valence-electron chi connectivity index (χ2n) is 3.97. The molecule has 1 heterocycles. The van der Waals surface area contributed by atoms with Crippen molar-refractivity contribution in [1.29, 1.82) is 0 Å². The molecule has 90 valence electrons. The summed E-state index contributed by atoms with van der Waals surface area (Å²) in [6.07, 6.45) is 0. The largest absolute Gasteiger partial charge is 0.496 e. The Kier molecular flexibility index (Phi) is 3.15. The molecule has 2 rings (SSSR count). The number of aromatic nitrogens is 1. The van der Waals surface area contributed by atoms with Gasteiger partial charge < -0.3 is 14.4 Å². The van der Waals surface area contributed by atoms with Crippen molar-refractivity contribution in [1.82, 2.24) is 5.16 Å². The fourth-order valence-electron chi connectivity index (χ4n) is 1.67. The maximum absolute atomic E-state index is 8.96. The number of rotatable bonds is 3. The van der Waals surface area contributed by atoms with Crippen molar-refractivity contribution in [3.05, 3.63) is 35.1 Å². The highest BCUT2D eigenvalue weighted by atomic mass is 16.5. The average Bonchev–Trinajstić information content (AvgIpc) is 2.80. The van der Waals surface area contributed by atoms with E-state index in [1.807, 2.05) is 26.0 Å². The summed E-state index contributed by atoms with van der Waals surface area (Å²) >= 11 is 0. The maximum Gasteiger partial charge on any atom is 0.162 e. The summed E-state index contributed by atoms with van der Waals surface area (Å²) in [7, 11) is 1.63. The Balaban J connectivity index is 2.53. The van der Waals surface area contributed by atoms with Gasteiger partial charge in [-0.1, -0.05) is 5.16 Å². The van der Waals surface area contributed by atoms with Crippen LogP contribution in [0.4, 0.5) is 0 Å². The second kappa shape index (κ2) is 4.59. The number of ether oxygens (including phenoxy) is 1. The molecule has 0 radical (unpaired) electrons. The van der Waals surface area contributed by atoms with E-state index < -0.39 is 0 Å². The molecule has 0 atom stereocenters. The van der Waals surface area contributed by atoms with E-state index in [-0.39, 0.29) is 6.61 Å². The minimum Gasteiger partial charge on any atom is -0.496 e. The SMILES string of the molecule is COc1cc(C)c(C)cc1-c1cc(CO)on1. The number of aryl methyl sites for hydroxylation is 2. The first-order valence-corrected chi connectivity index (χ1v) is 5.37. The molecular weight excluding hydrogens is 218 g/mol. The summed E-state index contributed by atoms with van der Waals surface area (Å²) in [4.78, 5) is 0. The van der Waals surface area contributed by atoms with E-state index in [0.717, 1.165) is 22.4 Å². The minimum absolute atomic E-state index is 0.153. The lowest BCUT2D eigenvalue weighted by molar-refractivity contribution is 0.229. The lowest BCUT2D eigenvalue weighted by atomic mass is 10.0. The Labute approximate surface area is 99.8 Å². The smallest absolute Gasteiger partial charge is 0.162 e. The molecular formula is C13H15NO3. The number of nitrogens with zero attached hydrogens (tertiary/aromatic N) is 1. The van der Waals surface area contributed by atoms with Crippen LogP contribution in [0.15, 0.2) is 22.7 Å². The fraction of sp³-hybridized carbons (Fsp3) is 0.308. The van der Waals surface area contributed by atoms with Gasteiger partial charge in [-0.2, -0.15) is 0 Å². The van der Waals surface area contributed by atoms with Gasteiger partial charge in [-0.05, 0) is 37.1 Å². The number of hydrogen-bond acceptors (Lipinski definition) is 4. The Morgan fingerprint density at radius 3 is 2.53 bits per heavy atom. The molecule has 0 fully saturated rings. The van der Waals surface area contributed by atoms with Gasteiger partial charge in [-0.25, -0.2) is 0 Å². The molecule has 0 spiro atoms. The highest BCUT2D eigenvalue weighted by Gasteiger charge is 2.12. The zero-order valence-corrected chi connectivity index (χ0v) is 10.2. The zero-order chi connectivity index (χ0) is 12.4. The number of hydrogen-bond donors (Lipinski definition) is 1. The second-order valence-corrected chi connectivity index (χ2v) is 3.97. The summed E-state index contributed by atoms with van der Waals surface area (Å²) in [6, 6.07) is 5.69. The third-order valence-corrected chi connectivity index (χ3v) is 2.81. The molecule has 4 nitrogen and oxygen atoms in total. The predicted octanol–water partition coefficient (Wildman–Crippen LogP) is 2.46. The maximum atomic E-state index is 8.96. The van der Waals surface area contributed by atoms with Crippen LogP contribution in [-0.2, 0) is 6.61 Å². The molecule has 0 aliphatic carbocycles. The summed E-state index contributed by atoms with van der Waals surface area (Å²) in [5, 5.41) is 12.9. The van der Waals surface area contributed by atoms with Crippen molar-refractivity contribution in [3.63, 3.8) is 0 Å². The first kappa shape index (κ1) is 11.7. The molecule has 1 aromatic heterocycles. The van der Waals surface area contributed by atoms with Crippen molar-refractivity contribution in [2.24, 2.45) is 0 Å². The highest BCUT2D eigenvalue weighted by molar-refractivity contribution is 5.68. The van der Waals surface area contributed by atoms with E-state index in [1.165, 1.54) is 0 Å². The molecule has 0 aliphatic rings. The van der Waals surface area contributed by atoms with Crippen LogP contribution >= 0.6 is 0 Å². The molecule has 0 saturated heterocycles. The number of methoxy groups -OCH3 is 1. The van der Waals surface area contributed by atoms with Crippen LogP contribution in [0.25, 0.3) is 11.3 Å². The molecule has 1 aromatic carbocycles. The van der Waals surface area contributed by atoms with E-state index in [1.54, 1.807) is 13.2 Å². The van der Waals surface area contributed by atoms with Crippen molar-refractivity contribution in [2.45, 2.75) is 20.5 Å². The monoisotopic (exact) mass is 233 g/mol. The van der Waals surface area contributed by atoms with Gasteiger partial charge in [0, 0.05) is 11.6 Å². The molecule has 0 saturated carbocycles. The first-order chi connectivity index (χ1) is 8.15. The van der Waals surface area contributed by atoms with E-state index >= 15 is 0 Å². The van der Waals surface area contributed by atoms with Crippen LogP contribution < -0.4 is 4.74 Å². The molecule has 2 aromatic rings. The third-order valence-electron chi connectivity index (χ3n) is 2.81. The van der Waals surface area contributed by atoms with E-state index in [2.05, 4.69) is 5.16 Å². The molecule has 4 heteroatoms. The molecule has 0 amide bonds. The van der Waals surface area contributed by atoms with Gasteiger partial charge in [0.2, 0.25) is 0 Å². The predicted molar refractivity (Wildman–Crippen MR) is 63.9 cm³/mol. The Morgan fingerprint density at radius 2 is 1.94 bits per heavy atom. The Bertz CT molecular complexity index is 531. The van der Waals surface area contributed by atoms with Gasteiger partial charge >= 0.3 is 0 Å². The lowest BCUT2D eigenvalue weighted by Gasteiger charge is -2.09. The molecule has 17 heavy (non-hydrogen) atoms. The van der Waals surface area contributed by atoms with Gasteiger partial charge in [0.25, 0.3) is 0 Å². The van der Waals surface area contributed by atoms with Crippen LogP contribution in [0, 0.1) is 13.8 Å². The lowest BCUT2D eigenvalue weighted by Crippen LogP contribution is -1.91. The van der Waals surface area contributed by atoms with E-state index in [0.29, 0.717) is 11.5 Å². The summed E-state index contributed by atoms with van der Waals surface area (Å²) < 4.78 is 10.3. The number of benzene rings is 1. The average molecular weight is 233 g/mol. The summed E-state index contributed by atoms with van der Waals surface area (Å²) in [5.41, 5.74) is 3.87. The van der Waals surface area contributed by atoms with Crippen LogP contribution in [0.1, 0.15) is 16.9 Å². The van der Waals surface area contributed by atoms with Crippen molar-refractivity contribution in [2.75, 3.05) is 7.11 Å². The van der Waals surface area contributed by atoms with Gasteiger partial charge in [0.1, 0.15) is 18.1 Å². The quantitative estimate of drug-likeness (QED) is 0.884. The molecule has 0 bridgehead atoms. The topological polar surface area (TPSA) is 55.5 Å². The highest BCUT2D eigenvalue weighted by Crippen LogP contribution is 2.32. The summed E-state index contributed by atoms with van der Waals surface area (Å²) in [5.74, 6) is 1.20. The van der Waals surface area contributed by atoms with E-state index in [9.17, 15) is 0 Å². The van der Waals surface area contributed by atoms with Gasteiger partial charge in [0.05, 0.1) is 7.11 Å². The van der Waals surface area contributed by atoms with Gasteiger partial charge in [-0.3, -0.25) is 0 Å². The number of aliphatic hydroxyl groups is 1. The summed E-state index contributed by atoms with van der Waals surface area (Å²) in [6.45, 7) is 3.91. The van der Waals surface area contributed by atoms with Crippen molar-refractivity contribution < 1.29 is 14.4 Å².